The molecule has 0 saturated carbocycles. The van der Waals surface area contributed by atoms with Crippen LogP contribution in [0, 0.1) is 6.92 Å². The molecule has 3 atom stereocenters. The summed E-state index contributed by atoms with van der Waals surface area (Å²) < 4.78 is 0. The molecule has 1 aliphatic rings. The molecule has 1 aromatic carbocycles. The van der Waals surface area contributed by atoms with Gasteiger partial charge < -0.3 is 5.32 Å². The lowest BCUT2D eigenvalue weighted by atomic mass is 10.0. The van der Waals surface area contributed by atoms with Crippen LogP contribution >= 0.6 is 11.8 Å². The molecule has 1 nitrogen and oxygen atoms in total. The van der Waals surface area contributed by atoms with Crippen molar-refractivity contribution in [3.05, 3.63) is 35.4 Å². The summed E-state index contributed by atoms with van der Waals surface area (Å²) in [7, 11) is 0. The van der Waals surface area contributed by atoms with Crippen LogP contribution in [-0.4, -0.2) is 17.0 Å². The van der Waals surface area contributed by atoms with E-state index < -0.39 is 0 Å². The number of benzene rings is 1. The van der Waals surface area contributed by atoms with Crippen molar-refractivity contribution in [1.82, 2.24) is 5.32 Å². The van der Waals surface area contributed by atoms with Gasteiger partial charge in [0.1, 0.15) is 0 Å². The topological polar surface area (TPSA) is 12.0 Å². The molecule has 2 unspecified atom stereocenters. The van der Waals surface area contributed by atoms with Gasteiger partial charge in [0.2, 0.25) is 0 Å². The number of nitrogens with one attached hydrogen (secondary N) is 1. The van der Waals surface area contributed by atoms with Gasteiger partial charge in [-0.3, -0.25) is 0 Å². The van der Waals surface area contributed by atoms with E-state index in [-0.39, 0.29) is 0 Å². The van der Waals surface area contributed by atoms with Crippen molar-refractivity contribution in [2.45, 2.75) is 44.5 Å². The summed E-state index contributed by atoms with van der Waals surface area (Å²) >= 11 is 2.08. The Hall–Kier alpha value is -0.470. The first-order chi connectivity index (χ1) is 7.66. The third-order valence-corrected chi connectivity index (χ3v) is 4.74. The quantitative estimate of drug-likeness (QED) is 0.860. The first-order valence-corrected chi connectivity index (χ1v) is 7.16. The van der Waals surface area contributed by atoms with Crippen LogP contribution in [0.2, 0.25) is 0 Å². The minimum atomic E-state index is 0.465. The molecule has 1 aromatic rings. The first-order valence-electron chi connectivity index (χ1n) is 6.11. The molecule has 2 rings (SSSR count). The average molecular weight is 235 g/mol. The van der Waals surface area contributed by atoms with Gasteiger partial charge in [-0.1, -0.05) is 36.8 Å². The molecule has 16 heavy (non-hydrogen) atoms. The van der Waals surface area contributed by atoms with E-state index in [0.717, 1.165) is 5.25 Å². The fourth-order valence-electron chi connectivity index (χ4n) is 2.22. The highest BCUT2D eigenvalue weighted by molar-refractivity contribution is 8.00. The highest BCUT2D eigenvalue weighted by atomic mass is 32.2. The first kappa shape index (κ1) is 12.0. The molecule has 0 spiro atoms. The minimum Gasteiger partial charge on any atom is -0.306 e. The molecule has 88 valence electrons. The Kier molecular flexibility index (Phi) is 3.93. The van der Waals surface area contributed by atoms with Crippen molar-refractivity contribution < 1.29 is 0 Å². The largest absolute Gasteiger partial charge is 0.306 e. The van der Waals surface area contributed by atoms with Crippen molar-refractivity contribution in [2.24, 2.45) is 0 Å². The monoisotopic (exact) mass is 235 g/mol. The van der Waals surface area contributed by atoms with E-state index >= 15 is 0 Å². The molecule has 1 N–H and O–H groups in total. The summed E-state index contributed by atoms with van der Waals surface area (Å²) in [5.41, 5.74) is 2.73. The normalized spacial score (nSPS) is 26.9. The lowest BCUT2D eigenvalue weighted by Crippen LogP contribution is -2.35. The molecule has 1 fully saturated rings. The molecule has 1 saturated heterocycles. The summed E-state index contributed by atoms with van der Waals surface area (Å²) in [4.78, 5) is 0. The van der Waals surface area contributed by atoms with Crippen LogP contribution in [0.1, 0.15) is 37.4 Å². The Morgan fingerprint density at radius 2 is 2.00 bits per heavy atom. The number of aryl methyl sites for hydroxylation is 1. The van der Waals surface area contributed by atoms with Crippen LogP contribution in [0.5, 0.6) is 0 Å². The summed E-state index contributed by atoms with van der Waals surface area (Å²) in [6, 6.07) is 10.0. The smallest absolute Gasteiger partial charge is 0.0294 e. The average Bonchev–Trinajstić information content (AvgIpc) is 2.65. The summed E-state index contributed by atoms with van der Waals surface area (Å²) in [6.45, 7) is 6.73. The molecule has 1 heterocycles. The number of thioether (sulfide) groups is 1. The summed E-state index contributed by atoms with van der Waals surface area (Å²) in [5.74, 6) is 1.31. The molecule has 0 amide bonds. The molecule has 1 aliphatic heterocycles. The molecule has 2 heteroatoms. The van der Waals surface area contributed by atoms with Crippen molar-refractivity contribution in [3.8, 4) is 0 Å². The third-order valence-electron chi connectivity index (χ3n) is 3.42. The van der Waals surface area contributed by atoms with Gasteiger partial charge in [-0.25, -0.2) is 0 Å². The molecule has 0 bridgehead atoms. The third kappa shape index (κ3) is 2.80. The highest BCUT2D eigenvalue weighted by Gasteiger charge is 2.25. The van der Waals surface area contributed by atoms with Gasteiger partial charge >= 0.3 is 0 Å². The van der Waals surface area contributed by atoms with E-state index in [0.29, 0.717) is 12.1 Å². The zero-order valence-electron chi connectivity index (χ0n) is 10.4. The predicted molar refractivity (Wildman–Crippen MR) is 73.1 cm³/mol. The van der Waals surface area contributed by atoms with Gasteiger partial charge in [0.25, 0.3) is 0 Å². The van der Waals surface area contributed by atoms with E-state index in [1.807, 2.05) is 0 Å². The Labute approximate surface area is 103 Å². The van der Waals surface area contributed by atoms with Crippen molar-refractivity contribution in [1.29, 1.82) is 0 Å². The van der Waals surface area contributed by atoms with E-state index in [2.05, 4.69) is 62.1 Å². The lowest BCUT2D eigenvalue weighted by molar-refractivity contribution is 0.454. The number of hydrogen-bond donors (Lipinski definition) is 1. The van der Waals surface area contributed by atoms with E-state index in [1.165, 1.54) is 23.3 Å². The second-order valence-corrected chi connectivity index (χ2v) is 6.26. The van der Waals surface area contributed by atoms with E-state index in [4.69, 9.17) is 0 Å². The van der Waals surface area contributed by atoms with Gasteiger partial charge in [-0.05, 0) is 31.6 Å². The molecular weight excluding hydrogens is 214 g/mol. The van der Waals surface area contributed by atoms with Crippen molar-refractivity contribution in [3.63, 3.8) is 0 Å². The highest BCUT2D eigenvalue weighted by Crippen LogP contribution is 2.28. The maximum Gasteiger partial charge on any atom is 0.0294 e. The summed E-state index contributed by atoms with van der Waals surface area (Å²) in [6.07, 6.45) is 1.31. The zero-order chi connectivity index (χ0) is 11.5. The Bertz CT molecular complexity index is 333. The fraction of sp³-hybridized carbons (Fsp3) is 0.571. The standard InChI is InChI=1S/C14H21NS/c1-10-4-6-13(7-5-10)11(2)15-14-8-9-16-12(14)3/h4-7,11-12,14-15H,8-9H2,1-3H3/t11-,12?,14?/m0/s1. The van der Waals surface area contributed by atoms with Gasteiger partial charge in [0.15, 0.2) is 0 Å². The minimum absolute atomic E-state index is 0.465. The maximum atomic E-state index is 3.74. The van der Waals surface area contributed by atoms with Crippen molar-refractivity contribution >= 4 is 11.8 Å². The Morgan fingerprint density at radius 1 is 1.31 bits per heavy atom. The number of hydrogen-bond acceptors (Lipinski definition) is 2. The van der Waals surface area contributed by atoms with Gasteiger partial charge in [-0.15, -0.1) is 0 Å². The van der Waals surface area contributed by atoms with Crippen LogP contribution in [0.15, 0.2) is 24.3 Å². The SMILES string of the molecule is Cc1ccc([C@H](C)NC2CCSC2C)cc1. The number of rotatable bonds is 3. The molecule has 0 radical (unpaired) electrons. The van der Waals surface area contributed by atoms with Crippen LogP contribution < -0.4 is 5.32 Å². The van der Waals surface area contributed by atoms with E-state index in [9.17, 15) is 0 Å². The molecular formula is C14H21NS. The zero-order valence-corrected chi connectivity index (χ0v) is 11.2. The lowest BCUT2D eigenvalue weighted by Gasteiger charge is -2.22. The second-order valence-electron chi connectivity index (χ2n) is 4.77. The predicted octanol–water partition coefficient (Wildman–Crippen LogP) is 3.54. The van der Waals surface area contributed by atoms with Gasteiger partial charge in [-0.2, -0.15) is 11.8 Å². The fourth-order valence-corrected chi connectivity index (χ4v) is 3.43. The van der Waals surface area contributed by atoms with Crippen LogP contribution in [0.4, 0.5) is 0 Å². The molecule has 0 aromatic heterocycles. The second kappa shape index (κ2) is 5.24. The van der Waals surface area contributed by atoms with Gasteiger partial charge in [0, 0.05) is 17.3 Å². The van der Waals surface area contributed by atoms with Crippen molar-refractivity contribution in [2.75, 3.05) is 5.75 Å². The van der Waals surface area contributed by atoms with Gasteiger partial charge in [0.05, 0.1) is 0 Å². The molecule has 0 aliphatic carbocycles. The Balaban J connectivity index is 1.97. The summed E-state index contributed by atoms with van der Waals surface area (Å²) in [5, 5.41) is 4.50. The van der Waals surface area contributed by atoms with Crippen LogP contribution in [-0.2, 0) is 0 Å². The van der Waals surface area contributed by atoms with Crippen LogP contribution in [0.3, 0.4) is 0 Å². The van der Waals surface area contributed by atoms with Crippen LogP contribution in [0.25, 0.3) is 0 Å². The maximum absolute atomic E-state index is 3.74. The Morgan fingerprint density at radius 3 is 2.56 bits per heavy atom. The van der Waals surface area contributed by atoms with E-state index in [1.54, 1.807) is 0 Å².